The van der Waals surface area contributed by atoms with Crippen LogP contribution in [0.1, 0.15) is 28.5 Å². The van der Waals surface area contributed by atoms with Crippen LogP contribution < -0.4 is 20.6 Å². The summed E-state index contributed by atoms with van der Waals surface area (Å²) in [6, 6.07) is 28.9. The molecule has 0 saturated carbocycles. The molecule has 2 aromatic heterocycles. The number of carbonyl (C=O) groups is 1. The third-order valence-electron chi connectivity index (χ3n) is 6.54. The highest BCUT2D eigenvalue weighted by Crippen LogP contribution is 2.30. The molecule has 0 aliphatic heterocycles. The Morgan fingerprint density at radius 1 is 0.977 bits per heavy atom. The van der Waals surface area contributed by atoms with E-state index >= 15 is 0 Å². The Kier molecular flexibility index (Phi) is 7.72. The number of fused-ring (bicyclic) bond motifs is 1. The van der Waals surface area contributed by atoms with Crippen LogP contribution in [0.3, 0.4) is 0 Å². The van der Waals surface area contributed by atoms with Gasteiger partial charge in [-0.25, -0.2) is 10.1 Å². The van der Waals surface area contributed by atoms with Gasteiger partial charge in [-0.05, 0) is 57.3 Å². The summed E-state index contributed by atoms with van der Waals surface area (Å²) in [5, 5.41) is 22.0. The number of ether oxygens (including phenoxy) is 2. The number of nitrogens with one attached hydrogen (secondary N) is 1. The number of nitrogens with two attached hydrogens (primary N) is 1. The van der Waals surface area contributed by atoms with E-state index < -0.39 is 5.91 Å². The number of nitrogens with zero attached hydrogens (tertiary/aromatic N) is 6. The minimum atomic E-state index is -0.595. The standard InChI is InChI=1S/C31H26N8O4/c1-2-41-26-17-20(15-16-25(26)42-19-23-13-8-12-21-9-6-7-14-24(21)23)18-33-35-31(40)28-27(22-10-4-3-5-11-22)34-38-39(28)30-29(32)36-43-37-30/h3-18H,2,19H2,1H3,(H2,32,36)(H,35,40). The average molecular weight is 575 g/mol. The van der Waals surface area contributed by atoms with Crippen LogP contribution in [0.5, 0.6) is 11.5 Å². The van der Waals surface area contributed by atoms with Crippen LogP contribution >= 0.6 is 0 Å². The van der Waals surface area contributed by atoms with Gasteiger partial charge in [0.1, 0.15) is 12.3 Å². The molecule has 0 bridgehead atoms. The van der Waals surface area contributed by atoms with Gasteiger partial charge in [0.25, 0.3) is 5.91 Å². The highest BCUT2D eigenvalue weighted by Gasteiger charge is 2.25. The smallest absolute Gasteiger partial charge is 0.292 e. The molecule has 3 N–H and O–H groups in total. The second kappa shape index (κ2) is 12.2. The second-order valence-corrected chi connectivity index (χ2v) is 9.30. The number of benzene rings is 4. The molecular weight excluding hydrogens is 548 g/mol. The van der Waals surface area contributed by atoms with Gasteiger partial charge in [-0.3, -0.25) is 4.79 Å². The first kappa shape index (κ1) is 27.1. The molecule has 0 spiro atoms. The number of hydrogen-bond acceptors (Lipinski definition) is 10. The summed E-state index contributed by atoms with van der Waals surface area (Å²) in [4.78, 5) is 13.4. The minimum absolute atomic E-state index is 0.0317. The number of amides is 1. The Morgan fingerprint density at radius 2 is 1.79 bits per heavy atom. The van der Waals surface area contributed by atoms with Crippen molar-refractivity contribution in [1.82, 2.24) is 30.7 Å². The van der Waals surface area contributed by atoms with Crippen molar-refractivity contribution in [2.75, 3.05) is 12.3 Å². The van der Waals surface area contributed by atoms with Crippen molar-refractivity contribution in [3.05, 3.63) is 108 Å². The molecule has 1 amide bonds. The van der Waals surface area contributed by atoms with Crippen molar-refractivity contribution in [2.24, 2.45) is 5.10 Å². The zero-order valence-corrected chi connectivity index (χ0v) is 23.0. The van der Waals surface area contributed by atoms with Crippen LogP contribution in [0.15, 0.2) is 101 Å². The van der Waals surface area contributed by atoms with Crippen molar-refractivity contribution < 1.29 is 18.9 Å². The Balaban J connectivity index is 1.21. The lowest BCUT2D eigenvalue weighted by Crippen LogP contribution is -2.22. The Labute approximate surface area is 245 Å². The molecular formula is C31H26N8O4. The number of aromatic nitrogens is 5. The van der Waals surface area contributed by atoms with Crippen molar-refractivity contribution in [2.45, 2.75) is 13.5 Å². The number of anilines is 1. The van der Waals surface area contributed by atoms with Crippen molar-refractivity contribution >= 4 is 28.7 Å². The number of hydrazone groups is 1. The predicted molar refractivity (Wildman–Crippen MR) is 160 cm³/mol. The van der Waals surface area contributed by atoms with Crippen molar-refractivity contribution in [3.8, 4) is 28.6 Å². The van der Waals surface area contributed by atoms with Gasteiger partial charge >= 0.3 is 0 Å². The van der Waals surface area contributed by atoms with E-state index in [9.17, 15) is 4.79 Å². The zero-order chi connectivity index (χ0) is 29.6. The molecule has 0 aliphatic rings. The number of carbonyl (C=O) groups excluding carboxylic acids is 1. The lowest BCUT2D eigenvalue weighted by Gasteiger charge is -2.13. The molecule has 0 atom stereocenters. The molecule has 0 radical (unpaired) electrons. The van der Waals surface area contributed by atoms with Gasteiger partial charge in [0.05, 0.1) is 12.8 Å². The van der Waals surface area contributed by atoms with E-state index in [4.69, 9.17) is 19.8 Å². The molecule has 0 saturated heterocycles. The van der Waals surface area contributed by atoms with Crippen LogP contribution in [0, 0.1) is 0 Å². The lowest BCUT2D eigenvalue weighted by molar-refractivity contribution is 0.0947. The summed E-state index contributed by atoms with van der Waals surface area (Å²) in [5.41, 5.74) is 11.2. The van der Waals surface area contributed by atoms with Gasteiger partial charge in [0.15, 0.2) is 17.2 Å². The van der Waals surface area contributed by atoms with Crippen molar-refractivity contribution in [1.29, 1.82) is 0 Å². The Morgan fingerprint density at radius 3 is 2.60 bits per heavy atom. The minimum Gasteiger partial charge on any atom is -0.490 e. The van der Waals surface area contributed by atoms with Crippen LogP contribution in [0.4, 0.5) is 5.82 Å². The molecule has 12 heteroatoms. The summed E-state index contributed by atoms with van der Waals surface area (Å²) in [7, 11) is 0. The summed E-state index contributed by atoms with van der Waals surface area (Å²) >= 11 is 0. The second-order valence-electron chi connectivity index (χ2n) is 9.30. The van der Waals surface area contributed by atoms with E-state index in [-0.39, 0.29) is 17.3 Å². The maximum atomic E-state index is 13.4. The maximum absolute atomic E-state index is 13.4. The van der Waals surface area contributed by atoms with Crippen LogP contribution in [-0.2, 0) is 6.61 Å². The predicted octanol–water partition coefficient (Wildman–Crippen LogP) is 4.79. The van der Waals surface area contributed by atoms with Crippen molar-refractivity contribution in [3.63, 3.8) is 0 Å². The molecule has 0 unspecified atom stereocenters. The molecule has 6 aromatic rings. The largest absolute Gasteiger partial charge is 0.490 e. The molecule has 214 valence electrons. The van der Waals surface area contributed by atoms with Gasteiger partial charge in [-0.15, -0.1) is 5.10 Å². The first-order valence-electron chi connectivity index (χ1n) is 13.4. The highest BCUT2D eigenvalue weighted by atomic mass is 16.6. The van der Waals surface area contributed by atoms with Crippen LogP contribution in [0.2, 0.25) is 0 Å². The molecule has 43 heavy (non-hydrogen) atoms. The van der Waals surface area contributed by atoms with E-state index in [1.54, 1.807) is 18.2 Å². The van der Waals surface area contributed by atoms with E-state index in [1.807, 2.05) is 61.5 Å². The van der Waals surface area contributed by atoms with E-state index in [0.29, 0.717) is 41.5 Å². The third-order valence-corrected chi connectivity index (χ3v) is 6.54. The van der Waals surface area contributed by atoms with Gasteiger partial charge in [-0.2, -0.15) is 9.78 Å². The van der Waals surface area contributed by atoms with Gasteiger partial charge in [-0.1, -0.05) is 78.0 Å². The molecule has 2 heterocycles. The fourth-order valence-corrected chi connectivity index (χ4v) is 4.55. The number of rotatable bonds is 10. The summed E-state index contributed by atoms with van der Waals surface area (Å²) in [6.45, 7) is 2.72. The molecule has 0 aliphatic carbocycles. The molecule has 6 rings (SSSR count). The third kappa shape index (κ3) is 5.75. The Bertz CT molecular complexity index is 1910. The van der Waals surface area contributed by atoms with Crippen LogP contribution in [-0.4, -0.2) is 44.0 Å². The highest BCUT2D eigenvalue weighted by molar-refractivity contribution is 5.99. The van der Waals surface area contributed by atoms with Crippen LogP contribution in [0.25, 0.3) is 27.8 Å². The Hall–Kier alpha value is -6.04. The monoisotopic (exact) mass is 574 g/mol. The van der Waals surface area contributed by atoms with Gasteiger partial charge < -0.3 is 15.2 Å². The maximum Gasteiger partial charge on any atom is 0.292 e. The normalized spacial score (nSPS) is 11.2. The van der Waals surface area contributed by atoms with E-state index in [2.05, 4.69) is 49.4 Å². The summed E-state index contributed by atoms with van der Waals surface area (Å²) < 4.78 is 17.9. The SMILES string of the molecule is CCOc1cc(C=NNC(=O)c2c(-c3ccccc3)nnn2-c2nonc2N)ccc1OCc1cccc2ccccc12. The van der Waals surface area contributed by atoms with Gasteiger partial charge in [0.2, 0.25) is 11.6 Å². The first-order chi connectivity index (χ1) is 21.1. The quantitative estimate of drug-likeness (QED) is 0.173. The number of hydrogen-bond donors (Lipinski definition) is 2. The fraction of sp³-hybridized carbons (Fsp3) is 0.0968. The summed E-state index contributed by atoms with van der Waals surface area (Å²) in [5.74, 6) is 0.540. The fourth-order valence-electron chi connectivity index (χ4n) is 4.55. The lowest BCUT2D eigenvalue weighted by atomic mass is 10.1. The molecule has 0 fully saturated rings. The molecule has 4 aromatic carbocycles. The van der Waals surface area contributed by atoms with E-state index in [1.165, 1.54) is 6.21 Å². The zero-order valence-electron chi connectivity index (χ0n) is 23.0. The first-order valence-corrected chi connectivity index (χ1v) is 13.4. The number of nitrogen functional groups attached to an aromatic ring is 1. The topological polar surface area (TPSA) is 156 Å². The summed E-state index contributed by atoms with van der Waals surface area (Å²) in [6.07, 6.45) is 1.50. The van der Waals surface area contributed by atoms with E-state index in [0.717, 1.165) is 21.0 Å². The molecule has 12 nitrogen and oxygen atoms in total. The average Bonchev–Trinajstić information content (AvgIpc) is 3.67. The van der Waals surface area contributed by atoms with Gasteiger partial charge in [0, 0.05) is 5.56 Å².